The average molecular weight is 358 g/mol. The van der Waals surface area contributed by atoms with Crippen LogP contribution in [0.1, 0.15) is 25.5 Å². The van der Waals surface area contributed by atoms with Crippen molar-refractivity contribution < 1.29 is 9.13 Å². The molecule has 0 fully saturated rings. The van der Waals surface area contributed by atoms with E-state index < -0.39 is 5.82 Å². The van der Waals surface area contributed by atoms with E-state index in [9.17, 15) is 4.39 Å². The molecule has 0 aliphatic rings. The first-order chi connectivity index (χ1) is 9.40. The van der Waals surface area contributed by atoms with Crippen LogP contribution in [0.3, 0.4) is 0 Å². The van der Waals surface area contributed by atoms with Gasteiger partial charge in [-0.2, -0.15) is 5.10 Å². The number of hydrogen-bond acceptors (Lipinski definition) is 3. The molecule has 0 unspecified atom stereocenters. The van der Waals surface area contributed by atoms with E-state index in [1.165, 1.54) is 12.3 Å². The van der Waals surface area contributed by atoms with Gasteiger partial charge in [0.25, 0.3) is 0 Å². The van der Waals surface area contributed by atoms with Crippen LogP contribution in [-0.2, 0) is 0 Å². The number of benzene rings is 1. The smallest absolute Gasteiger partial charge is 0.180 e. The largest absolute Gasteiger partial charge is 0.451 e. The van der Waals surface area contributed by atoms with Crippen LogP contribution in [-0.4, -0.2) is 14.8 Å². The lowest BCUT2D eigenvalue weighted by atomic mass is 10.2. The van der Waals surface area contributed by atoms with Crippen LogP contribution in [0.15, 0.2) is 29.0 Å². The van der Waals surface area contributed by atoms with Gasteiger partial charge < -0.3 is 10.5 Å². The molecule has 1 heterocycles. The molecule has 106 valence electrons. The molecule has 0 aliphatic heterocycles. The highest BCUT2D eigenvalue weighted by Gasteiger charge is 2.15. The molecule has 0 saturated carbocycles. The van der Waals surface area contributed by atoms with Crippen LogP contribution < -0.4 is 10.5 Å². The highest BCUT2D eigenvalue weighted by molar-refractivity contribution is 9.10. The highest BCUT2D eigenvalue weighted by Crippen LogP contribution is 2.31. The average Bonchev–Trinajstić information content (AvgIpc) is 2.83. The Hall–Kier alpha value is -1.47. The van der Waals surface area contributed by atoms with Gasteiger partial charge in [-0.15, -0.1) is 0 Å². The maximum Gasteiger partial charge on any atom is 0.180 e. The molecule has 0 aliphatic carbocycles. The second-order valence-corrected chi connectivity index (χ2v) is 5.69. The minimum atomic E-state index is -0.549. The highest BCUT2D eigenvalue weighted by atomic mass is 79.9. The predicted molar refractivity (Wildman–Crippen MR) is 82.7 cm³/mol. The molecular formula is C13H13BrFN3OS. The fraction of sp³-hybridized carbons (Fsp3) is 0.231. The summed E-state index contributed by atoms with van der Waals surface area (Å²) < 4.78 is 21.6. The third-order valence-electron chi connectivity index (χ3n) is 2.65. The van der Waals surface area contributed by atoms with Gasteiger partial charge in [0.15, 0.2) is 17.3 Å². The van der Waals surface area contributed by atoms with Crippen LogP contribution in [0.4, 0.5) is 4.39 Å². The molecule has 0 saturated heterocycles. The van der Waals surface area contributed by atoms with Gasteiger partial charge in [0, 0.05) is 11.6 Å². The van der Waals surface area contributed by atoms with Crippen molar-refractivity contribution in [3.05, 3.63) is 40.4 Å². The van der Waals surface area contributed by atoms with E-state index in [4.69, 9.17) is 22.7 Å². The second kappa shape index (κ2) is 5.88. The second-order valence-electron chi connectivity index (χ2n) is 4.46. The van der Waals surface area contributed by atoms with Gasteiger partial charge in [-0.3, -0.25) is 4.68 Å². The molecule has 1 aromatic carbocycles. The standard InChI is InChI=1S/C13H13BrFN3OS/c1-7(2)18-6-8(5-17-18)19-10-4-3-9(13(16)20)11(14)12(10)15/h3-7H,1-2H3,(H2,16,20). The van der Waals surface area contributed by atoms with Gasteiger partial charge in [0.2, 0.25) is 0 Å². The number of nitrogens with zero attached hydrogens (tertiary/aromatic N) is 2. The van der Waals surface area contributed by atoms with E-state index in [0.29, 0.717) is 11.3 Å². The van der Waals surface area contributed by atoms with Gasteiger partial charge >= 0.3 is 0 Å². The fourth-order valence-electron chi connectivity index (χ4n) is 1.58. The number of rotatable bonds is 4. The lowest BCUT2D eigenvalue weighted by Gasteiger charge is -2.09. The van der Waals surface area contributed by atoms with Crippen molar-refractivity contribution in [1.82, 2.24) is 9.78 Å². The summed E-state index contributed by atoms with van der Waals surface area (Å²) in [5.74, 6) is 0.000327. The first kappa shape index (κ1) is 14.9. The third-order valence-corrected chi connectivity index (χ3v) is 3.64. The SMILES string of the molecule is CC(C)n1cc(Oc2ccc(C(N)=S)c(Br)c2F)cn1. The maximum absolute atomic E-state index is 14.2. The van der Waals surface area contributed by atoms with E-state index >= 15 is 0 Å². The van der Waals surface area contributed by atoms with Gasteiger partial charge in [-0.05, 0) is 41.9 Å². The summed E-state index contributed by atoms with van der Waals surface area (Å²) in [5.41, 5.74) is 5.94. The van der Waals surface area contributed by atoms with Crippen molar-refractivity contribution in [3.8, 4) is 11.5 Å². The molecule has 0 radical (unpaired) electrons. The van der Waals surface area contributed by atoms with Crippen LogP contribution in [0, 0.1) is 5.82 Å². The number of aromatic nitrogens is 2. The predicted octanol–water partition coefficient (Wildman–Crippen LogP) is 3.79. The third kappa shape index (κ3) is 2.99. The zero-order valence-corrected chi connectivity index (χ0v) is 13.3. The number of ether oxygens (including phenoxy) is 1. The van der Waals surface area contributed by atoms with E-state index in [-0.39, 0.29) is 21.3 Å². The van der Waals surface area contributed by atoms with E-state index in [1.807, 2.05) is 13.8 Å². The van der Waals surface area contributed by atoms with Crippen LogP contribution >= 0.6 is 28.1 Å². The van der Waals surface area contributed by atoms with Gasteiger partial charge in [-0.25, -0.2) is 4.39 Å². The zero-order chi connectivity index (χ0) is 14.9. The van der Waals surface area contributed by atoms with Crippen molar-refractivity contribution in [2.75, 3.05) is 0 Å². The quantitative estimate of drug-likeness (QED) is 0.845. The molecule has 2 aromatic rings. The number of thiocarbonyl (C=S) groups is 1. The summed E-state index contributed by atoms with van der Waals surface area (Å²) in [7, 11) is 0. The minimum Gasteiger partial charge on any atom is -0.451 e. The van der Waals surface area contributed by atoms with Crippen LogP contribution in [0.5, 0.6) is 11.5 Å². The molecule has 4 nitrogen and oxygen atoms in total. The van der Waals surface area contributed by atoms with Crippen molar-refractivity contribution >= 4 is 33.1 Å². The summed E-state index contributed by atoms with van der Waals surface area (Å²) in [6.45, 7) is 3.98. The Bertz CT molecular complexity index is 657. The Morgan fingerprint density at radius 1 is 1.50 bits per heavy atom. The monoisotopic (exact) mass is 357 g/mol. The van der Waals surface area contributed by atoms with Crippen LogP contribution in [0.25, 0.3) is 0 Å². The van der Waals surface area contributed by atoms with Gasteiger partial charge in [0.05, 0.1) is 16.9 Å². The zero-order valence-electron chi connectivity index (χ0n) is 10.9. The van der Waals surface area contributed by atoms with Crippen molar-refractivity contribution in [2.24, 2.45) is 5.73 Å². The van der Waals surface area contributed by atoms with Gasteiger partial charge in [-0.1, -0.05) is 12.2 Å². The molecule has 0 bridgehead atoms. The summed E-state index contributed by atoms with van der Waals surface area (Å²) in [6.07, 6.45) is 3.24. The van der Waals surface area contributed by atoms with E-state index in [2.05, 4.69) is 21.0 Å². The number of nitrogens with two attached hydrogens (primary N) is 1. The molecule has 0 atom stereocenters. The molecule has 0 amide bonds. The summed E-state index contributed by atoms with van der Waals surface area (Å²) in [4.78, 5) is 0.120. The topological polar surface area (TPSA) is 53.1 Å². The van der Waals surface area contributed by atoms with Crippen molar-refractivity contribution in [2.45, 2.75) is 19.9 Å². The molecule has 7 heteroatoms. The molecule has 2 rings (SSSR count). The van der Waals surface area contributed by atoms with Crippen molar-refractivity contribution in [1.29, 1.82) is 0 Å². The van der Waals surface area contributed by atoms with Crippen LogP contribution in [0.2, 0.25) is 0 Å². The Balaban J connectivity index is 2.29. The number of halogens is 2. The molecule has 1 aromatic heterocycles. The maximum atomic E-state index is 14.2. The summed E-state index contributed by atoms with van der Waals surface area (Å²) >= 11 is 7.97. The molecule has 20 heavy (non-hydrogen) atoms. The minimum absolute atomic E-state index is 0.0835. The summed E-state index contributed by atoms with van der Waals surface area (Å²) in [6, 6.07) is 3.31. The Morgan fingerprint density at radius 2 is 2.20 bits per heavy atom. The first-order valence-corrected chi connectivity index (χ1v) is 7.10. The Kier molecular flexibility index (Phi) is 4.39. The Morgan fingerprint density at radius 3 is 2.75 bits per heavy atom. The fourth-order valence-corrected chi connectivity index (χ4v) is 2.43. The summed E-state index contributed by atoms with van der Waals surface area (Å²) in [5, 5.41) is 4.13. The Labute approximate surface area is 129 Å². The first-order valence-electron chi connectivity index (χ1n) is 5.90. The molecule has 0 spiro atoms. The number of hydrogen-bond donors (Lipinski definition) is 1. The van der Waals surface area contributed by atoms with Gasteiger partial charge in [0.1, 0.15) is 4.99 Å². The lowest BCUT2D eigenvalue weighted by Crippen LogP contribution is -2.11. The van der Waals surface area contributed by atoms with E-state index in [0.717, 1.165) is 0 Å². The van der Waals surface area contributed by atoms with E-state index in [1.54, 1.807) is 16.9 Å². The van der Waals surface area contributed by atoms with Crippen molar-refractivity contribution in [3.63, 3.8) is 0 Å². The lowest BCUT2D eigenvalue weighted by molar-refractivity contribution is 0.438. The molecular weight excluding hydrogens is 345 g/mol. The molecule has 2 N–H and O–H groups in total. The normalized spacial score (nSPS) is 10.8.